The molecule has 1 aromatic rings. The molecule has 3 aliphatic rings. The van der Waals surface area contributed by atoms with E-state index in [0.29, 0.717) is 24.6 Å². The highest BCUT2D eigenvalue weighted by Crippen LogP contribution is 2.60. The van der Waals surface area contributed by atoms with Crippen molar-refractivity contribution in [2.45, 2.75) is 57.3 Å². The lowest BCUT2D eigenvalue weighted by molar-refractivity contribution is -0.125. The van der Waals surface area contributed by atoms with Gasteiger partial charge < -0.3 is 20.1 Å². The van der Waals surface area contributed by atoms with Crippen molar-refractivity contribution in [3.8, 4) is 5.75 Å². The number of nitrogens with zero attached hydrogens (tertiary/aromatic N) is 1. The molecule has 0 bridgehead atoms. The summed E-state index contributed by atoms with van der Waals surface area (Å²) < 4.78 is 25.5. The summed E-state index contributed by atoms with van der Waals surface area (Å²) in [6.07, 6.45) is 6.47. The molecular weight excluding hydrogens is 345 g/mol. The second-order valence-corrected chi connectivity index (χ2v) is 8.12. The van der Waals surface area contributed by atoms with Crippen LogP contribution >= 0.6 is 0 Å². The molecule has 5 nitrogen and oxygen atoms in total. The summed E-state index contributed by atoms with van der Waals surface area (Å²) in [5.74, 6) is 1.33. The number of hydrogen-bond donors (Lipinski definition) is 2. The quantitative estimate of drug-likeness (QED) is 0.613. The first-order valence-corrected chi connectivity index (χ1v) is 10.1. The third kappa shape index (κ3) is 3.40. The molecule has 4 unspecified atom stereocenters. The second kappa shape index (κ2) is 7.66. The van der Waals surface area contributed by atoms with Crippen molar-refractivity contribution in [3.05, 3.63) is 30.1 Å². The lowest BCUT2D eigenvalue weighted by Crippen LogP contribution is -2.69. The third-order valence-corrected chi connectivity index (χ3v) is 6.52. The molecule has 3 fully saturated rings. The van der Waals surface area contributed by atoms with Crippen LogP contribution in [0.15, 0.2) is 29.3 Å². The molecule has 0 aromatic heterocycles. The van der Waals surface area contributed by atoms with Gasteiger partial charge in [0, 0.05) is 31.0 Å². The zero-order chi connectivity index (χ0) is 18.9. The molecular formula is C21H30FN3O2. The number of rotatable bonds is 5. The largest absolute Gasteiger partial charge is 0.486 e. The van der Waals surface area contributed by atoms with Crippen LogP contribution in [0.4, 0.5) is 4.39 Å². The molecule has 6 heteroatoms. The van der Waals surface area contributed by atoms with E-state index in [9.17, 15) is 4.39 Å². The van der Waals surface area contributed by atoms with Crippen LogP contribution in [0.1, 0.15) is 39.0 Å². The summed E-state index contributed by atoms with van der Waals surface area (Å²) in [6.45, 7) is 3.36. The number of nitrogens with one attached hydrogen (secondary N) is 2. The van der Waals surface area contributed by atoms with Crippen LogP contribution in [-0.4, -0.2) is 44.4 Å². The zero-order valence-electron chi connectivity index (χ0n) is 16.2. The smallest absolute Gasteiger partial charge is 0.191 e. The predicted molar refractivity (Wildman–Crippen MR) is 104 cm³/mol. The average molecular weight is 375 g/mol. The third-order valence-electron chi connectivity index (χ3n) is 6.52. The Morgan fingerprint density at radius 1 is 1.37 bits per heavy atom. The molecule has 1 heterocycles. The molecule has 1 aromatic carbocycles. The molecule has 4 rings (SSSR count). The number of para-hydroxylation sites is 1. The molecule has 2 saturated carbocycles. The number of aliphatic imine (C=N–C) groups is 1. The van der Waals surface area contributed by atoms with Gasteiger partial charge in [0.2, 0.25) is 0 Å². The van der Waals surface area contributed by atoms with Gasteiger partial charge in [-0.2, -0.15) is 0 Å². The Bertz CT molecular complexity index is 690. The van der Waals surface area contributed by atoms with Gasteiger partial charge in [0.1, 0.15) is 6.10 Å². The normalized spacial score (nSPS) is 29.9. The molecule has 0 amide bonds. The number of halogens is 1. The van der Waals surface area contributed by atoms with Crippen molar-refractivity contribution in [3.63, 3.8) is 0 Å². The van der Waals surface area contributed by atoms with Gasteiger partial charge in [0.25, 0.3) is 0 Å². The topological polar surface area (TPSA) is 54.9 Å². The van der Waals surface area contributed by atoms with E-state index >= 15 is 0 Å². The maximum Gasteiger partial charge on any atom is 0.191 e. The van der Waals surface area contributed by atoms with Crippen molar-refractivity contribution in [1.29, 1.82) is 0 Å². The van der Waals surface area contributed by atoms with Gasteiger partial charge in [-0.3, -0.25) is 4.99 Å². The first-order valence-electron chi connectivity index (χ1n) is 10.1. The summed E-state index contributed by atoms with van der Waals surface area (Å²) in [4.78, 5) is 4.40. The SMILES string of the molecule is CN=C(NCC(C)Oc1ccccc1F)NC1C2CCOC2C12CCCC2. The minimum Gasteiger partial charge on any atom is -0.486 e. The Labute approximate surface area is 160 Å². The Hall–Kier alpha value is -1.82. The van der Waals surface area contributed by atoms with Gasteiger partial charge in [-0.1, -0.05) is 25.0 Å². The van der Waals surface area contributed by atoms with E-state index in [1.807, 2.05) is 6.92 Å². The minimum atomic E-state index is -0.336. The highest BCUT2D eigenvalue weighted by Gasteiger charge is 2.65. The van der Waals surface area contributed by atoms with Gasteiger partial charge in [0.15, 0.2) is 17.5 Å². The summed E-state index contributed by atoms with van der Waals surface area (Å²) in [5, 5.41) is 7.01. The van der Waals surface area contributed by atoms with E-state index in [-0.39, 0.29) is 23.1 Å². The first kappa shape index (κ1) is 18.5. The number of fused-ring (bicyclic) bond motifs is 2. The summed E-state index contributed by atoms with van der Waals surface area (Å²) in [7, 11) is 1.79. The fraction of sp³-hybridized carbons (Fsp3) is 0.667. The molecule has 2 aliphatic carbocycles. The summed E-state index contributed by atoms with van der Waals surface area (Å²) in [5.41, 5.74) is 0.286. The van der Waals surface area contributed by atoms with E-state index in [0.717, 1.165) is 19.0 Å². The number of guanidine groups is 1. The molecule has 1 spiro atoms. The van der Waals surface area contributed by atoms with Crippen molar-refractivity contribution in [1.82, 2.24) is 10.6 Å². The zero-order valence-corrected chi connectivity index (χ0v) is 16.2. The van der Waals surface area contributed by atoms with Crippen molar-refractivity contribution >= 4 is 5.96 Å². The van der Waals surface area contributed by atoms with Crippen LogP contribution in [-0.2, 0) is 4.74 Å². The van der Waals surface area contributed by atoms with Crippen LogP contribution in [0.2, 0.25) is 0 Å². The lowest BCUT2D eigenvalue weighted by atomic mass is 9.54. The van der Waals surface area contributed by atoms with Gasteiger partial charge in [-0.15, -0.1) is 0 Å². The van der Waals surface area contributed by atoms with E-state index in [2.05, 4.69) is 15.6 Å². The lowest BCUT2D eigenvalue weighted by Gasteiger charge is -2.57. The predicted octanol–water partition coefficient (Wildman–Crippen LogP) is 3.11. The fourth-order valence-corrected chi connectivity index (χ4v) is 5.29. The van der Waals surface area contributed by atoms with Crippen molar-refractivity contribution in [2.75, 3.05) is 20.2 Å². The van der Waals surface area contributed by atoms with Crippen LogP contribution in [0.5, 0.6) is 5.75 Å². The van der Waals surface area contributed by atoms with E-state index in [4.69, 9.17) is 9.47 Å². The number of benzene rings is 1. The maximum atomic E-state index is 13.7. The van der Waals surface area contributed by atoms with Gasteiger partial charge in [0.05, 0.1) is 12.6 Å². The second-order valence-electron chi connectivity index (χ2n) is 8.12. The Kier molecular flexibility index (Phi) is 5.26. The Balaban J connectivity index is 1.32. The van der Waals surface area contributed by atoms with E-state index in [1.165, 1.54) is 31.7 Å². The number of hydrogen-bond acceptors (Lipinski definition) is 3. The van der Waals surface area contributed by atoms with E-state index in [1.54, 1.807) is 25.2 Å². The van der Waals surface area contributed by atoms with Crippen molar-refractivity contribution < 1.29 is 13.9 Å². The molecule has 1 saturated heterocycles. The average Bonchev–Trinajstić information content (AvgIpc) is 3.32. The summed E-state index contributed by atoms with van der Waals surface area (Å²) >= 11 is 0. The molecule has 0 radical (unpaired) electrons. The Morgan fingerprint density at radius 3 is 2.89 bits per heavy atom. The highest BCUT2D eigenvalue weighted by molar-refractivity contribution is 5.80. The maximum absolute atomic E-state index is 13.7. The Morgan fingerprint density at radius 2 is 2.15 bits per heavy atom. The fourth-order valence-electron chi connectivity index (χ4n) is 5.29. The molecule has 2 N–H and O–H groups in total. The number of ether oxygens (including phenoxy) is 2. The first-order chi connectivity index (χ1) is 13.1. The molecule has 1 aliphatic heterocycles. The van der Waals surface area contributed by atoms with Crippen molar-refractivity contribution in [2.24, 2.45) is 16.3 Å². The van der Waals surface area contributed by atoms with Crippen LogP contribution in [0, 0.1) is 17.2 Å². The van der Waals surface area contributed by atoms with Crippen LogP contribution in [0.25, 0.3) is 0 Å². The molecule has 27 heavy (non-hydrogen) atoms. The standard InChI is InChI=1S/C21H30FN3O2/c1-14(27-17-8-4-3-7-16(17)22)13-24-20(23-2)25-18-15-9-12-26-19(15)21(18)10-5-6-11-21/h3-4,7-8,14-15,18-19H,5-6,9-13H2,1-2H3,(H2,23,24,25). The van der Waals surface area contributed by atoms with Gasteiger partial charge in [-0.25, -0.2) is 4.39 Å². The summed E-state index contributed by atoms with van der Waals surface area (Å²) in [6, 6.07) is 6.93. The van der Waals surface area contributed by atoms with Crippen LogP contribution < -0.4 is 15.4 Å². The van der Waals surface area contributed by atoms with Gasteiger partial charge in [-0.05, 0) is 38.3 Å². The van der Waals surface area contributed by atoms with E-state index < -0.39 is 0 Å². The minimum absolute atomic E-state index is 0.176. The van der Waals surface area contributed by atoms with Gasteiger partial charge >= 0.3 is 0 Å². The highest BCUT2D eigenvalue weighted by atomic mass is 19.1. The molecule has 4 atom stereocenters. The monoisotopic (exact) mass is 375 g/mol. The van der Waals surface area contributed by atoms with Crippen LogP contribution in [0.3, 0.4) is 0 Å². The molecule has 148 valence electrons.